The van der Waals surface area contributed by atoms with Crippen LogP contribution in [-0.4, -0.2) is 74.3 Å². The molecule has 1 atom stereocenters. The number of rotatable bonds is 3. The van der Waals surface area contributed by atoms with E-state index in [2.05, 4.69) is 19.2 Å². The summed E-state index contributed by atoms with van der Waals surface area (Å²) in [6.45, 7) is 7.65. The summed E-state index contributed by atoms with van der Waals surface area (Å²) < 4.78 is 32.3. The second-order valence-electron chi connectivity index (χ2n) is 7.84. The fourth-order valence-electron chi connectivity index (χ4n) is 3.75. The van der Waals surface area contributed by atoms with E-state index in [0.29, 0.717) is 52.2 Å². The van der Waals surface area contributed by atoms with Crippen LogP contribution in [0.25, 0.3) is 0 Å². The number of sulfonamides is 1. The molecule has 0 aromatic rings. The van der Waals surface area contributed by atoms with E-state index in [0.717, 1.165) is 12.8 Å². The lowest BCUT2D eigenvalue weighted by Crippen LogP contribution is -2.53. The van der Waals surface area contributed by atoms with E-state index in [4.69, 9.17) is 4.74 Å². The average Bonchev–Trinajstić information content (AvgIpc) is 3.18. The molecule has 8 heteroatoms. The van der Waals surface area contributed by atoms with Gasteiger partial charge in [-0.2, -0.15) is 0 Å². The second-order valence-corrected chi connectivity index (χ2v) is 10.1. The summed E-state index contributed by atoms with van der Waals surface area (Å²) in [5.74, 6) is 0. The molecule has 24 heavy (non-hydrogen) atoms. The Labute approximate surface area is 144 Å². The Morgan fingerprint density at radius 2 is 1.75 bits per heavy atom. The van der Waals surface area contributed by atoms with E-state index in [-0.39, 0.29) is 22.7 Å². The Kier molecular flexibility index (Phi) is 5.09. The minimum Gasteiger partial charge on any atom is -0.379 e. The molecule has 2 amide bonds. The van der Waals surface area contributed by atoms with E-state index in [1.54, 1.807) is 9.21 Å². The maximum atomic E-state index is 12.6. The minimum atomic E-state index is -3.20. The molecule has 0 saturated carbocycles. The number of nitrogens with one attached hydrogen (secondary N) is 1. The van der Waals surface area contributed by atoms with Crippen molar-refractivity contribution in [2.75, 3.05) is 39.4 Å². The highest BCUT2D eigenvalue weighted by Gasteiger charge is 2.39. The molecule has 138 valence electrons. The third kappa shape index (κ3) is 3.55. The number of carbonyl (C=O) groups is 1. The van der Waals surface area contributed by atoms with Crippen LogP contribution in [0.1, 0.15) is 39.5 Å². The molecule has 3 rings (SSSR count). The highest BCUT2D eigenvalue weighted by atomic mass is 32.2. The first-order valence-corrected chi connectivity index (χ1v) is 10.4. The van der Waals surface area contributed by atoms with E-state index in [9.17, 15) is 13.2 Å². The molecule has 0 aromatic heterocycles. The molecule has 0 aliphatic carbocycles. The smallest absolute Gasteiger partial charge is 0.317 e. The maximum absolute atomic E-state index is 12.6. The van der Waals surface area contributed by atoms with E-state index in [1.807, 2.05) is 0 Å². The number of ether oxygens (including phenoxy) is 1. The molecule has 1 unspecified atom stereocenters. The standard InChI is InChI=1S/C16H29N3O4S/c1-16(2)12-23-11-14(16)17-15(20)18-9-5-13(6-10-18)24(21,22)19-7-3-4-8-19/h13-14H,3-12H2,1-2H3,(H,17,20). The highest BCUT2D eigenvalue weighted by molar-refractivity contribution is 7.89. The molecule has 7 nitrogen and oxygen atoms in total. The Hall–Kier alpha value is -0.860. The number of hydrogen-bond donors (Lipinski definition) is 1. The summed E-state index contributed by atoms with van der Waals surface area (Å²) in [7, 11) is -3.20. The lowest BCUT2D eigenvalue weighted by Gasteiger charge is -2.35. The van der Waals surface area contributed by atoms with E-state index in [1.165, 1.54) is 0 Å². The van der Waals surface area contributed by atoms with Crippen LogP contribution in [0.4, 0.5) is 4.79 Å². The molecular formula is C16H29N3O4S. The topological polar surface area (TPSA) is 79.0 Å². The average molecular weight is 359 g/mol. The van der Waals surface area contributed by atoms with Crippen LogP contribution in [-0.2, 0) is 14.8 Å². The Bertz CT molecular complexity index is 564. The van der Waals surface area contributed by atoms with Gasteiger partial charge in [-0.05, 0) is 25.7 Å². The van der Waals surface area contributed by atoms with Crippen molar-refractivity contribution >= 4 is 16.1 Å². The van der Waals surface area contributed by atoms with Crippen LogP contribution >= 0.6 is 0 Å². The fraction of sp³-hybridized carbons (Fsp3) is 0.938. The lowest BCUT2D eigenvalue weighted by molar-refractivity contribution is 0.166. The number of amides is 2. The van der Waals surface area contributed by atoms with Gasteiger partial charge < -0.3 is 15.0 Å². The summed E-state index contributed by atoms with van der Waals surface area (Å²) in [6.07, 6.45) is 2.97. The fourth-order valence-corrected chi connectivity index (χ4v) is 5.75. The predicted octanol–water partition coefficient (Wildman–Crippen LogP) is 1.01. The van der Waals surface area contributed by atoms with Gasteiger partial charge in [0.2, 0.25) is 10.0 Å². The van der Waals surface area contributed by atoms with Gasteiger partial charge in [0.1, 0.15) is 0 Å². The van der Waals surface area contributed by atoms with Gasteiger partial charge in [0.15, 0.2) is 0 Å². The van der Waals surface area contributed by atoms with Crippen LogP contribution in [0.3, 0.4) is 0 Å². The molecular weight excluding hydrogens is 330 g/mol. The van der Waals surface area contributed by atoms with Crippen molar-refractivity contribution in [1.82, 2.24) is 14.5 Å². The van der Waals surface area contributed by atoms with Crippen molar-refractivity contribution in [3.63, 3.8) is 0 Å². The van der Waals surface area contributed by atoms with Crippen molar-refractivity contribution in [3.05, 3.63) is 0 Å². The number of carbonyl (C=O) groups excluding carboxylic acids is 1. The van der Waals surface area contributed by atoms with E-state index < -0.39 is 10.0 Å². The van der Waals surface area contributed by atoms with E-state index >= 15 is 0 Å². The van der Waals surface area contributed by atoms with Crippen LogP contribution in [0.15, 0.2) is 0 Å². The Morgan fingerprint density at radius 1 is 1.12 bits per heavy atom. The maximum Gasteiger partial charge on any atom is 0.317 e. The van der Waals surface area contributed by atoms with Crippen LogP contribution < -0.4 is 5.32 Å². The van der Waals surface area contributed by atoms with Crippen molar-refractivity contribution in [2.45, 2.75) is 50.8 Å². The number of urea groups is 1. The monoisotopic (exact) mass is 359 g/mol. The second kappa shape index (κ2) is 6.80. The molecule has 0 radical (unpaired) electrons. The summed E-state index contributed by atoms with van der Waals surface area (Å²) in [5.41, 5.74) is -0.0624. The van der Waals surface area contributed by atoms with Crippen molar-refractivity contribution in [1.29, 1.82) is 0 Å². The lowest BCUT2D eigenvalue weighted by atomic mass is 9.88. The summed E-state index contributed by atoms with van der Waals surface area (Å²) >= 11 is 0. The molecule has 3 aliphatic heterocycles. The molecule has 1 N–H and O–H groups in total. The molecule has 0 aromatic carbocycles. The van der Waals surface area contributed by atoms with Gasteiger partial charge in [-0.3, -0.25) is 0 Å². The van der Waals surface area contributed by atoms with Gasteiger partial charge in [0.05, 0.1) is 24.5 Å². The number of piperidine rings is 1. The summed E-state index contributed by atoms with van der Waals surface area (Å²) in [6, 6.07) is -0.0911. The molecule has 0 spiro atoms. The van der Waals surface area contributed by atoms with Gasteiger partial charge in [-0.25, -0.2) is 17.5 Å². The molecule has 0 bridgehead atoms. The zero-order valence-corrected chi connectivity index (χ0v) is 15.5. The first-order valence-electron chi connectivity index (χ1n) is 8.93. The first kappa shape index (κ1) is 17.9. The number of hydrogen-bond acceptors (Lipinski definition) is 4. The van der Waals surface area contributed by atoms with Crippen LogP contribution in [0.5, 0.6) is 0 Å². The summed E-state index contributed by atoms with van der Waals surface area (Å²) in [4.78, 5) is 14.2. The molecule has 3 fully saturated rings. The number of nitrogens with zero attached hydrogens (tertiary/aromatic N) is 2. The first-order chi connectivity index (χ1) is 11.3. The van der Waals surface area contributed by atoms with Gasteiger partial charge >= 0.3 is 6.03 Å². The van der Waals surface area contributed by atoms with Crippen molar-refractivity contribution in [2.24, 2.45) is 5.41 Å². The van der Waals surface area contributed by atoms with Crippen LogP contribution in [0, 0.1) is 5.41 Å². The normalized spacial score (nSPS) is 29.1. The molecule has 3 saturated heterocycles. The quantitative estimate of drug-likeness (QED) is 0.816. The Morgan fingerprint density at radius 3 is 2.29 bits per heavy atom. The zero-order valence-electron chi connectivity index (χ0n) is 14.7. The van der Waals surface area contributed by atoms with Gasteiger partial charge in [0, 0.05) is 31.6 Å². The number of likely N-dealkylation sites (tertiary alicyclic amines) is 1. The van der Waals surface area contributed by atoms with Gasteiger partial charge in [-0.15, -0.1) is 0 Å². The minimum absolute atomic E-state index is 0.0102. The molecule has 3 heterocycles. The third-order valence-corrected chi connectivity index (χ3v) is 7.97. The predicted molar refractivity (Wildman–Crippen MR) is 91.2 cm³/mol. The third-order valence-electron chi connectivity index (χ3n) is 5.57. The summed E-state index contributed by atoms with van der Waals surface area (Å²) in [5, 5.41) is 2.71. The van der Waals surface area contributed by atoms with Gasteiger partial charge in [-0.1, -0.05) is 13.8 Å². The van der Waals surface area contributed by atoms with Crippen molar-refractivity contribution < 1.29 is 17.9 Å². The largest absolute Gasteiger partial charge is 0.379 e. The molecule has 3 aliphatic rings. The Balaban J connectivity index is 1.52. The van der Waals surface area contributed by atoms with Crippen LogP contribution in [0.2, 0.25) is 0 Å². The zero-order chi connectivity index (χ0) is 17.4. The van der Waals surface area contributed by atoms with Gasteiger partial charge in [0.25, 0.3) is 0 Å². The van der Waals surface area contributed by atoms with Crippen molar-refractivity contribution in [3.8, 4) is 0 Å². The SMILES string of the molecule is CC1(C)COCC1NC(=O)N1CCC(S(=O)(=O)N2CCCC2)CC1. The highest BCUT2D eigenvalue weighted by Crippen LogP contribution is 2.28.